The SMILES string of the molecule is O=C(NC(=S)Nc1cc(Cl)ccc1N1CCN(C(=O)/C=C/c2ccccc2)CC1)c1ccc(Cl)cc1. The maximum Gasteiger partial charge on any atom is 0.257 e. The zero-order valence-electron chi connectivity index (χ0n) is 19.3. The van der Waals surface area contributed by atoms with Crippen LogP contribution in [0.15, 0.2) is 78.9 Å². The first-order chi connectivity index (χ1) is 17.4. The van der Waals surface area contributed by atoms with Crippen molar-refractivity contribution in [1.82, 2.24) is 10.2 Å². The van der Waals surface area contributed by atoms with E-state index in [1.165, 1.54) is 0 Å². The van der Waals surface area contributed by atoms with Gasteiger partial charge in [0, 0.05) is 47.9 Å². The summed E-state index contributed by atoms with van der Waals surface area (Å²) in [5.41, 5.74) is 2.99. The third-order valence-corrected chi connectivity index (χ3v) is 6.38. The number of piperazine rings is 1. The number of anilines is 2. The summed E-state index contributed by atoms with van der Waals surface area (Å²) in [6.45, 7) is 2.45. The molecule has 1 aliphatic rings. The van der Waals surface area contributed by atoms with Gasteiger partial charge in [-0.2, -0.15) is 0 Å². The van der Waals surface area contributed by atoms with Crippen molar-refractivity contribution in [2.75, 3.05) is 36.4 Å². The maximum atomic E-state index is 12.6. The van der Waals surface area contributed by atoms with E-state index >= 15 is 0 Å². The fourth-order valence-electron chi connectivity index (χ4n) is 3.82. The highest BCUT2D eigenvalue weighted by Gasteiger charge is 2.22. The predicted molar refractivity (Wildman–Crippen MR) is 151 cm³/mol. The zero-order chi connectivity index (χ0) is 25.5. The van der Waals surface area contributed by atoms with Crippen molar-refractivity contribution in [2.45, 2.75) is 0 Å². The van der Waals surface area contributed by atoms with E-state index in [1.54, 1.807) is 42.5 Å². The summed E-state index contributed by atoms with van der Waals surface area (Å²) >= 11 is 17.5. The van der Waals surface area contributed by atoms with Crippen molar-refractivity contribution in [1.29, 1.82) is 0 Å². The standard InChI is InChI=1S/C27H24Cl2N4O2S/c28-21-9-7-20(8-10-21)26(35)31-27(36)30-23-18-22(29)11-12-24(23)32-14-16-33(17-15-32)25(34)13-6-19-4-2-1-3-5-19/h1-13,18H,14-17H2,(H2,30,31,35,36)/b13-6+. The molecule has 184 valence electrons. The van der Waals surface area contributed by atoms with Gasteiger partial charge in [0.15, 0.2) is 5.11 Å². The van der Waals surface area contributed by atoms with Crippen LogP contribution < -0.4 is 15.5 Å². The molecule has 0 atom stereocenters. The molecule has 0 radical (unpaired) electrons. The van der Waals surface area contributed by atoms with Gasteiger partial charge in [-0.25, -0.2) is 0 Å². The molecule has 0 unspecified atom stereocenters. The largest absolute Gasteiger partial charge is 0.366 e. The molecule has 1 fully saturated rings. The Bertz CT molecular complexity index is 1270. The lowest BCUT2D eigenvalue weighted by molar-refractivity contribution is -0.126. The van der Waals surface area contributed by atoms with Gasteiger partial charge in [0.1, 0.15) is 0 Å². The van der Waals surface area contributed by atoms with E-state index in [-0.39, 0.29) is 16.9 Å². The molecule has 0 spiro atoms. The molecule has 0 saturated carbocycles. The lowest BCUT2D eigenvalue weighted by Crippen LogP contribution is -2.48. The van der Waals surface area contributed by atoms with E-state index in [1.807, 2.05) is 47.4 Å². The molecular formula is C27H24Cl2N4O2S. The number of thiocarbonyl (C=S) groups is 1. The molecule has 9 heteroatoms. The number of rotatable bonds is 5. The van der Waals surface area contributed by atoms with Crippen LogP contribution in [0.2, 0.25) is 10.0 Å². The Morgan fingerprint density at radius 2 is 1.53 bits per heavy atom. The Balaban J connectivity index is 1.37. The fourth-order valence-corrected chi connectivity index (χ4v) is 4.32. The summed E-state index contributed by atoms with van der Waals surface area (Å²) in [5.74, 6) is -0.359. The second-order valence-electron chi connectivity index (χ2n) is 8.13. The van der Waals surface area contributed by atoms with E-state index in [2.05, 4.69) is 15.5 Å². The third kappa shape index (κ3) is 6.85. The minimum Gasteiger partial charge on any atom is -0.366 e. The minimum atomic E-state index is -0.344. The topological polar surface area (TPSA) is 64.7 Å². The van der Waals surface area contributed by atoms with Crippen LogP contribution in [0.3, 0.4) is 0 Å². The predicted octanol–water partition coefficient (Wildman–Crippen LogP) is 5.48. The third-order valence-electron chi connectivity index (χ3n) is 5.69. The molecule has 0 bridgehead atoms. The number of halogens is 2. The summed E-state index contributed by atoms with van der Waals surface area (Å²) in [4.78, 5) is 29.1. The van der Waals surface area contributed by atoms with Crippen molar-refractivity contribution in [3.8, 4) is 0 Å². The molecule has 36 heavy (non-hydrogen) atoms. The average Bonchev–Trinajstić information content (AvgIpc) is 2.88. The molecule has 0 aromatic heterocycles. The lowest BCUT2D eigenvalue weighted by Gasteiger charge is -2.36. The van der Waals surface area contributed by atoms with Crippen LogP contribution in [0, 0.1) is 0 Å². The molecule has 1 heterocycles. The quantitative estimate of drug-likeness (QED) is 0.332. The van der Waals surface area contributed by atoms with E-state index in [4.69, 9.17) is 35.4 Å². The van der Waals surface area contributed by atoms with E-state index in [0.717, 1.165) is 11.3 Å². The highest BCUT2D eigenvalue weighted by Crippen LogP contribution is 2.30. The highest BCUT2D eigenvalue weighted by atomic mass is 35.5. The molecule has 2 N–H and O–H groups in total. The lowest BCUT2D eigenvalue weighted by atomic mass is 10.2. The van der Waals surface area contributed by atoms with Crippen molar-refractivity contribution in [3.63, 3.8) is 0 Å². The normalized spacial score (nSPS) is 13.5. The number of nitrogens with zero attached hydrogens (tertiary/aromatic N) is 2. The number of carbonyl (C=O) groups excluding carboxylic acids is 2. The van der Waals surface area contributed by atoms with Crippen LogP contribution in [-0.4, -0.2) is 48.0 Å². The highest BCUT2D eigenvalue weighted by molar-refractivity contribution is 7.80. The molecule has 3 aromatic carbocycles. The van der Waals surface area contributed by atoms with E-state index < -0.39 is 0 Å². The van der Waals surface area contributed by atoms with Crippen molar-refractivity contribution < 1.29 is 9.59 Å². The smallest absolute Gasteiger partial charge is 0.257 e. The van der Waals surface area contributed by atoms with Crippen molar-refractivity contribution in [2.24, 2.45) is 0 Å². The van der Waals surface area contributed by atoms with Gasteiger partial charge >= 0.3 is 0 Å². The average molecular weight is 539 g/mol. The van der Waals surface area contributed by atoms with Gasteiger partial charge in [-0.05, 0) is 66.3 Å². The van der Waals surface area contributed by atoms with Crippen molar-refractivity contribution >= 4 is 69.8 Å². The maximum absolute atomic E-state index is 12.6. The molecule has 2 amide bonds. The minimum absolute atomic E-state index is 0.0148. The van der Waals surface area contributed by atoms with Crippen LogP contribution >= 0.6 is 35.4 Å². The molecular weight excluding hydrogens is 515 g/mol. The first kappa shape index (κ1) is 25.7. The molecule has 1 aliphatic heterocycles. The summed E-state index contributed by atoms with van der Waals surface area (Å²) < 4.78 is 0. The van der Waals surface area contributed by atoms with Gasteiger partial charge in [0.2, 0.25) is 5.91 Å². The molecule has 1 saturated heterocycles. The Hall–Kier alpha value is -3.39. The van der Waals surface area contributed by atoms with Crippen LogP contribution in [0.5, 0.6) is 0 Å². The monoisotopic (exact) mass is 538 g/mol. The van der Waals surface area contributed by atoms with Gasteiger partial charge in [0.25, 0.3) is 5.91 Å². The molecule has 3 aromatic rings. The van der Waals surface area contributed by atoms with Crippen LogP contribution in [-0.2, 0) is 4.79 Å². The summed E-state index contributed by atoms with van der Waals surface area (Å²) in [5, 5.41) is 7.00. The second-order valence-corrected chi connectivity index (χ2v) is 9.41. The number of carbonyl (C=O) groups is 2. The number of hydrogen-bond acceptors (Lipinski definition) is 4. The Labute approximate surface area is 225 Å². The van der Waals surface area contributed by atoms with E-state index in [9.17, 15) is 9.59 Å². The number of hydrogen-bond donors (Lipinski definition) is 2. The Kier molecular flexibility index (Phi) is 8.59. The molecule has 4 rings (SSSR count). The van der Waals surface area contributed by atoms with Crippen LogP contribution in [0.4, 0.5) is 11.4 Å². The van der Waals surface area contributed by atoms with E-state index in [0.29, 0.717) is 47.5 Å². The van der Waals surface area contributed by atoms with Gasteiger partial charge in [-0.3, -0.25) is 14.9 Å². The van der Waals surface area contributed by atoms with Crippen molar-refractivity contribution in [3.05, 3.63) is 100 Å². The molecule has 0 aliphatic carbocycles. The van der Waals surface area contributed by atoms with Crippen LogP contribution in [0.1, 0.15) is 15.9 Å². The second kappa shape index (κ2) is 12.0. The van der Waals surface area contributed by atoms with Gasteiger partial charge in [0.05, 0.1) is 11.4 Å². The van der Waals surface area contributed by atoms with Gasteiger partial charge in [-0.1, -0.05) is 53.5 Å². The fraction of sp³-hybridized carbons (Fsp3) is 0.148. The van der Waals surface area contributed by atoms with Gasteiger partial charge in [-0.15, -0.1) is 0 Å². The number of amides is 2. The van der Waals surface area contributed by atoms with Gasteiger partial charge < -0.3 is 15.1 Å². The number of benzene rings is 3. The summed E-state index contributed by atoms with van der Waals surface area (Å²) in [6, 6.07) is 21.7. The van der Waals surface area contributed by atoms with Crippen LogP contribution in [0.25, 0.3) is 6.08 Å². The number of nitrogens with one attached hydrogen (secondary N) is 2. The summed E-state index contributed by atoms with van der Waals surface area (Å²) in [6.07, 6.45) is 3.44. The zero-order valence-corrected chi connectivity index (χ0v) is 21.6. The Morgan fingerprint density at radius 1 is 0.861 bits per heavy atom. The first-order valence-electron chi connectivity index (χ1n) is 11.3. The molecule has 6 nitrogen and oxygen atoms in total. The summed E-state index contributed by atoms with van der Waals surface area (Å²) in [7, 11) is 0. The Morgan fingerprint density at radius 3 is 2.22 bits per heavy atom. The first-order valence-corrected chi connectivity index (χ1v) is 12.5.